The van der Waals surface area contributed by atoms with Gasteiger partial charge in [0.2, 0.25) is 17.7 Å². The maximum Gasteiger partial charge on any atom is 0.228 e. The van der Waals surface area contributed by atoms with E-state index in [0.717, 1.165) is 35.7 Å². The Bertz CT molecular complexity index is 860. The van der Waals surface area contributed by atoms with Gasteiger partial charge in [-0.05, 0) is 35.4 Å². The minimum Gasteiger partial charge on any atom is -0.341 e. The lowest BCUT2D eigenvalue weighted by atomic mass is 10.1. The van der Waals surface area contributed by atoms with E-state index >= 15 is 0 Å². The van der Waals surface area contributed by atoms with Crippen molar-refractivity contribution in [3.63, 3.8) is 0 Å². The van der Waals surface area contributed by atoms with Crippen molar-refractivity contribution in [1.82, 2.24) is 4.90 Å². The van der Waals surface area contributed by atoms with Gasteiger partial charge >= 0.3 is 0 Å². The third-order valence-electron chi connectivity index (χ3n) is 4.60. The standard InChI is InChI=1S/C22H25N3O3S/c1-16(26)23-19-6-2-17(3-7-19)14-21(27)24-20-8-4-18(5-9-20)15-22(28)25-10-12-29-13-11-25/h2-9H,10-15H2,1H3,(H,23,26)(H,24,27). The topological polar surface area (TPSA) is 78.5 Å². The zero-order valence-corrected chi connectivity index (χ0v) is 17.3. The van der Waals surface area contributed by atoms with Crippen LogP contribution in [0, 0.1) is 0 Å². The molecule has 0 aromatic heterocycles. The van der Waals surface area contributed by atoms with Gasteiger partial charge in [0.1, 0.15) is 0 Å². The van der Waals surface area contributed by atoms with Gasteiger partial charge < -0.3 is 15.5 Å². The minimum atomic E-state index is -0.129. The third-order valence-corrected chi connectivity index (χ3v) is 5.54. The van der Waals surface area contributed by atoms with E-state index in [1.807, 2.05) is 53.1 Å². The minimum absolute atomic E-state index is 0.119. The summed E-state index contributed by atoms with van der Waals surface area (Å²) in [6.07, 6.45) is 0.632. The van der Waals surface area contributed by atoms with Crippen LogP contribution in [0.15, 0.2) is 48.5 Å². The second-order valence-corrected chi connectivity index (χ2v) is 8.19. The average molecular weight is 412 g/mol. The fourth-order valence-corrected chi connectivity index (χ4v) is 4.01. The van der Waals surface area contributed by atoms with E-state index in [1.54, 1.807) is 12.1 Å². The summed E-state index contributed by atoms with van der Waals surface area (Å²) in [5.41, 5.74) is 3.21. The lowest BCUT2D eigenvalue weighted by Gasteiger charge is -2.26. The van der Waals surface area contributed by atoms with E-state index in [-0.39, 0.29) is 24.1 Å². The van der Waals surface area contributed by atoms with Crippen LogP contribution in [0.5, 0.6) is 0 Å². The highest BCUT2D eigenvalue weighted by atomic mass is 32.2. The van der Waals surface area contributed by atoms with Crippen molar-refractivity contribution in [2.45, 2.75) is 19.8 Å². The summed E-state index contributed by atoms with van der Waals surface area (Å²) in [7, 11) is 0. The Morgan fingerprint density at radius 3 is 1.90 bits per heavy atom. The maximum absolute atomic E-state index is 12.3. The number of rotatable bonds is 6. The molecule has 6 nitrogen and oxygen atoms in total. The van der Waals surface area contributed by atoms with Crippen molar-refractivity contribution in [1.29, 1.82) is 0 Å². The zero-order valence-electron chi connectivity index (χ0n) is 16.4. The Morgan fingerprint density at radius 2 is 1.34 bits per heavy atom. The van der Waals surface area contributed by atoms with E-state index < -0.39 is 0 Å². The van der Waals surface area contributed by atoms with Gasteiger partial charge in [0.05, 0.1) is 12.8 Å². The number of anilines is 2. The van der Waals surface area contributed by atoms with Crippen molar-refractivity contribution in [3.8, 4) is 0 Å². The highest BCUT2D eigenvalue weighted by Gasteiger charge is 2.16. The molecule has 3 rings (SSSR count). The van der Waals surface area contributed by atoms with Crippen LogP contribution in [-0.4, -0.2) is 47.2 Å². The molecular formula is C22H25N3O3S. The van der Waals surface area contributed by atoms with Gasteiger partial charge in [-0.15, -0.1) is 0 Å². The predicted octanol–water partition coefficient (Wildman–Crippen LogP) is 2.94. The van der Waals surface area contributed by atoms with Crippen LogP contribution in [0.1, 0.15) is 18.1 Å². The molecule has 0 aliphatic carbocycles. The molecule has 0 atom stereocenters. The van der Waals surface area contributed by atoms with Crippen LogP contribution in [0.4, 0.5) is 11.4 Å². The summed E-state index contributed by atoms with van der Waals surface area (Å²) in [6.45, 7) is 3.10. The summed E-state index contributed by atoms with van der Waals surface area (Å²) < 4.78 is 0. The normalized spacial score (nSPS) is 13.6. The molecule has 7 heteroatoms. The Balaban J connectivity index is 1.49. The number of carbonyl (C=O) groups is 3. The average Bonchev–Trinajstić information content (AvgIpc) is 2.71. The van der Waals surface area contributed by atoms with Crippen LogP contribution in [0.2, 0.25) is 0 Å². The Hall–Kier alpha value is -2.80. The Morgan fingerprint density at radius 1 is 0.828 bits per heavy atom. The third kappa shape index (κ3) is 6.64. The van der Waals surface area contributed by atoms with Crippen molar-refractivity contribution in [2.75, 3.05) is 35.2 Å². The second kappa shape index (κ2) is 10.1. The lowest BCUT2D eigenvalue weighted by molar-refractivity contribution is -0.130. The van der Waals surface area contributed by atoms with Gasteiger partial charge in [-0.2, -0.15) is 11.8 Å². The van der Waals surface area contributed by atoms with Gasteiger partial charge in [0, 0.05) is 42.9 Å². The van der Waals surface area contributed by atoms with Crippen molar-refractivity contribution in [3.05, 3.63) is 59.7 Å². The van der Waals surface area contributed by atoms with Gasteiger partial charge in [-0.1, -0.05) is 24.3 Å². The molecule has 1 aliphatic rings. The molecule has 2 aromatic carbocycles. The summed E-state index contributed by atoms with van der Waals surface area (Å²) in [5.74, 6) is 1.92. The smallest absolute Gasteiger partial charge is 0.228 e. The summed E-state index contributed by atoms with van der Waals surface area (Å²) in [5, 5.41) is 5.57. The molecular weight excluding hydrogens is 386 g/mol. The largest absolute Gasteiger partial charge is 0.341 e. The quantitative estimate of drug-likeness (QED) is 0.766. The van der Waals surface area contributed by atoms with Gasteiger partial charge in [0.15, 0.2) is 0 Å². The molecule has 0 saturated carbocycles. The molecule has 0 radical (unpaired) electrons. The van der Waals surface area contributed by atoms with Crippen molar-refractivity contribution >= 4 is 40.9 Å². The number of hydrogen-bond donors (Lipinski definition) is 2. The number of carbonyl (C=O) groups excluding carboxylic acids is 3. The molecule has 1 aliphatic heterocycles. The summed E-state index contributed by atoms with van der Waals surface area (Å²) in [6, 6.07) is 14.6. The molecule has 3 amide bonds. The van der Waals surface area contributed by atoms with Crippen LogP contribution >= 0.6 is 11.8 Å². The molecule has 2 aromatic rings. The van der Waals surface area contributed by atoms with E-state index in [4.69, 9.17) is 0 Å². The first-order valence-electron chi connectivity index (χ1n) is 9.60. The highest BCUT2D eigenvalue weighted by molar-refractivity contribution is 7.99. The fourth-order valence-electron chi connectivity index (χ4n) is 3.10. The lowest BCUT2D eigenvalue weighted by Crippen LogP contribution is -2.38. The molecule has 2 N–H and O–H groups in total. The zero-order chi connectivity index (χ0) is 20.6. The van der Waals surface area contributed by atoms with Gasteiger partial charge in [-0.25, -0.2) is 0 Å². The first-order chi connectivity index (χ1) is 14.0. The fraction of sp³-hybridized carbons (Fsp3) is 0.318. The highest BCUT2D eigenvalue weighted by Crippen LogP contribution is 2.15. The van der Waals surface area contributed by atoms with Crippen LogP contribution in [0.3, 0.4) is 0 Å². The number of benzene rings is 2. The monoisotopic (exact) mass is 411 g/mol. The molecule has 152 valence electrons. The number of nitrogens with zero attached hydrogens (tertiary/aromatic N) is 1. The van der Waals surface area contributed by atoms with E-state index in [2.05, 4.69) is 10.6 Å². The van der Waals surface area contributed by atoms with Crippen LogP contribution in [0.25, 0.3) is 0 Å². The van der Waals surface area contributed by atoms with Crippen molar-refractivity contribution in [2.24, 2.45) is 0 Å². The van der Waals surface area contributed by atoms with Gasteiger partial charge in [-0.3, -0.25) is 14.4 Å². The SMILES string of the molecule is CC(=O)Nc1ccc(CC(=O)Nc2ccc(CC(=O)N3CCSCC3)cc2)cc1. The van der Waals surface area contributed by atoms with E-state index in [9.17, 15) is 14.4 Å². The molecule has 1 saturated heterocycles. The molecule has 1 fully saturated rings. The van der Waals surface area contributed by atoms with Crippen LogP contribution in [-0.2, 0) is 27.2 Å². The Labute approximate surface area is 175 Å². The molecule has 0 spiro atoms. The predicted molar refractivity (Wildman–Crippen MR) is 117 cm³/mol. The van der Waals surface area contributed by atoms with E-state index in [0.29, 0.717) is 17.8 Å². The van der Waals surface area contributed by atoms with Crippen molar-refractivity contribution < 1.29 is 14.4 Å². The molecule has 0 unspecified atom stereocenters. The number of amides is 3. The number of nitrogens with one attached hydrogen (secondary N) is 2. The van der Waals surface area contributed by atoms with Gasteiger partial charge in [0.25, 0.3) is 0 Å². The maximum atomic E-state index is 12.3. The Kier molecular flexibility index (Phi) is 7.30. The first kappa shape index (κ1) is 20.9. The molecule has 1 heterocycles. The van der Waals surface area contributed by atoms with E-state index in [1.165, 1.54) is 6.92 Å². The second-order valence-electron chi connectivity index (χ2n) is 6.97. The van der Waals surface area contributed by atoms with Crippen LogP contribution < -0.4 is 10.6 Å². The number of hydrogen-bond acceptors (Lipinski definition) is 4. The summed E-state index contributed by atoms with van der Waals surface area (Å²) in [4.78, 5) is 37.6. The molecule has 29 heavy (non-hydrogen) atoms. The summed E-state index contributed by atoms with van der Waals surface area (Å²) >= 11 is 1.88. The number of thioether (sulfide) groups is 1. The first-order valence-corrected chi connectivity index (χ1v) is 10.8. The molecule has 0 bridgehead atoms.